The van der Waals surface area contributed by atoms with Gasteiger partial charge in [-0.2, -0.15) is 4.31 Å². The van der Waals surface area contributed by atoms with Crippen LogP contribution >= 0.6 is 0 Å². The van der Waals surface area contributed by atoms with Crippen molar-refractivity contribution >= 4 is 27.5 Å². The van der Waals surface area contributed by atoms with Gasteiger partial charge in [0.1, 0.15) is 5.75 Å². The lowest BCUT2D eigenvalue weighted by molar-refractivity contribution is -0.142. The highest BCUT2D eigenvalue weighted by molar-refractivity contribution is 7.89. The van der Waals surface area contributed by atoms with Gasteiger partial charge in [-0.05, 0) is 38.0 Å². The summed E-state index contributed by atoms with van der Waals surface area (Å²) in [5.41, 5.74) is -0.196. The first-order chi connectivity index (χ1) is 15.5. The molecule has 10 heteroatoms. The van der Waals surface area contributed by atoms with E-state index in [4.69, 9.17) is 9.47 Å². The number of rotatable bonds is 6. The quantitative estimate of drug-likeness (QED) is 0.669. The maximum absolute atomic E-state index is 13.1. The second kappa shape index (κ2) is 10.4. The van der Waals surface area contributed by atoms with Gasteiger partial charge in [0.25, 0.3) is 0 Å². The second-order valence-corrected chi connectivity index (χ2v) is 11.4. The third-order valence-corrected chi connectivity index (χ3v) is 7.73. The molecule has 0 bridgehead atoms. The molecule has 2 aliphatic heterocycles. The molecule has 2 aliphatic rings. The zero-order chi connectivity index (χ0) is 24.2. The number of morpholine rings is 1. The van der Waals surface area contributed by atoms with Crippen molar-refractivity contribution in [1.29, 1.82) is 0 Å². The molecule has 0 saturated carbocycles. The van der Waals surface area contributed by atoms with E-state index < -0.39 is 15.4 Å². The average molecular weight is 482 g/mol. The first-order valence-electron chi connectivity index (χ1n) is 11.5. The van der Waals surface area contributed by atoms with Crippen molar-refractivity contribution in [1.82, 2.24) is 9.21 Å². The third kappa shape index (κ3) is 6.04. The molecule has 184 valence electrons. The Labute approximate surface area is 196 Å². The number of likely N-dealkylation sites (tertiary alicyclic amines) is 1. The number of hydrogen-bond donors (Lipinski definition) is 1. The minimum absolute atomic E-state index is 0.0219. The first-order valence-corrected chi connectivity index (χ1v) is 12.9. The summed E-state index contributed by atoms with van der Waals surface area (Å²) in [5, 5.41) is 2.87. The van der Waals surface area contributed by atoms with Gasteiger partial charge in [-0.15, -0.1) is 0 Å². The number of carbonyl (C=O) groups is 2. The van der Waals surface area contributed by atoms with Gasteiger partial charge >= 0.3 is 0 Å². The highest BCUT2D eigenvalue weighted by Crippen LogP contribution is 2.31. The fraction of sp³-hybridized carbons (Fsp3) is 0.652. The Hall–Kier alpha value is -2.17. The molecular formula is C23H35N3O6S. The van der Waals surface area contributed by atoms with Gasteiger partial charge in [-0.1, -0.05) is 20.8 Å². The number of nitrogens with one attached hydrogen (secondary N) is 1. The SMILES string of the molecule is CCOc1ccc(S(=O)(=O)N2CCOCC2)cc1NC(=O)C1CCCN(C(=O)C(C)(C)C)C1. The van der Waals surface area contributed by atoms with Gasteiger partial charge in [0.05, 0.1) is 36.3 Å². The lowest BCUT2D eigenvalue weighted by Crippen LogP contribution is -2.47. The number of hydrogen-bond acceptors (Lipinski definition) is 6. The normalized spacial score (nSPS) is 20.4. The van der Waals surface area contributed by atoms with Crippen LogP contribution in [0.25, 0.3) is 0 Å². The molecule has 0 aromatic heterocycles. The number of sulfonamides is 1. The van der Waals surface area contributed by atoms with Crippen LogP contribution in [0, 0.1) is 11.3 Å². The van der Waals surface area contributed by atoms with E-state index in [2.05, 4.69) is 5.32 Å². The Bertz CT molecular complexity index is 967. The largest absolute Gasteiger partial charge is 0.492 e. The van der Waals surface area contributed by atoms with Crippen LogP contribution in [0.3, 0.4) is 0 Å². The number of piperidine rings is 1. The van der Waals surface area contributed by atoms with E-state index >= 15 is 0 Å². The Kier molecular flexibility index (Phi) is 8.02. The molecule has 2 fully saturated rings. The molecule has 0 radical (unpaired) electrons. The molecule has 1 atom stereocenters. The molecular weight excluding hydrogens is 446 g/mol. The summed E-state index contributed by atoms with van der Waals surface area (Å²) in [6.07, 6.45) is 1.40. The average Bonchev–Trinajstić information content (AvgIpc) is 2.79. The number of nitrogens with zero attached hydrogens (tertiary/aromatic N) is 2. The fourth-order valence-corrected chi connectivity index (χ4v) is 5.50. The van der Waals surface area contributed by atoms with Gasteiger partial charge in [-0.25, -0.2) is 8.42 Å². The number of carbonyl (C=O) groups excluding carboxylic acids is 2. The molecule has 0 aliphatic carbocycles. The van der Waals surface area contributed by atoms with Crippen LogP contribution < -0.4 is 10.1 Å². The smallest absolute Gasteiger partial charge is 0.243 e. The summed E-state index contributed by atoms with van der Waals surface area (Å²) in [4.78, 5) is 27.6. The van der Waals surface area contributed by atoms with Gasteiger partial charge in [0.15, 0.2) is 0 Å². The van der Waals surface area contributed by atoms with E-state index in [1.807, 2.05) is 27.7 Å². The van der Waals surface area contributed by atoms with Crippen molar-refractivity contribution in [2.45, 2.75) is 45.4 Å². The molecule has 2 saturated heterocycles. The van der Waals surface area contributed by atoms with Crippen LogP contribution in [-0.4, -0.2) is 75.4 Å². The van der Waals surface area contributed by atoms with Crippen molar-refractivity contribution in [2.75, 3.05) is 51.3 Å². The molecule has 2 amide bonds. The number of amides is 2. The molecule has 1 unspecified atom stereocenters. The van der Waals surface area contributed by atoms with E-state index in [0.717, 1.165) is 6.42 Å². The Morgan fingerprint density at radius 3 is 2.52 bits per heavy atom. The van der Waals surface area contributed by atoms with E-state index in [1.165, 1.54) is 16.4 Å². The lowest BCUT2D eigenvalue weighted by Gasteiger charge is -2.36. The van der Waals surface area contributed by atoms with Crippen molar-refractivity contribution < 1.29 is 27.5 Å². The Balaban J connectivity index is 1.80. The second-order valence-electron chi connectivity index (χ2n) is 9.44. The molecule has 3 rings (SSSR count). The third-order valence-electron chi connectivity index (χ3n) is 5.84. The lowest BCUT2D eigenvalue weighted by atomic mass is 9.91. The van der Waals surface area contributed by atoms with Crippen LogP contribution in [0.2, 0.25) is 0 Å². The highest BCUT2D eigenvalue weighted by atomic mass is 32.2. The molecule has 1 aromatic carbocycles. The molecule has 1 aromatic rings. The predicted octanol–water partition coefficient (Wildman–Crippen LogP) is 2.33. The zero-order valence-electron chi connectivity index (χ0n) is 19.9. The first kappa shape index (κ1) is 25.5. The summed E-state index contributed by atoms with van der Waals surface area (Å²) in [7, 11) is -3.72. The van der Waals surface area contributed by atoms with Crippen LogP contribution in [0.15, 0.2) is 23.1 Å². The fourth-order valence-electron chi connectivity index (χ4n) is 4.07. The number of anilines is 1. The topological polar surface area (TPSA) is 105 Å². The van der Waals surface area contributed by atoms with Crippen LogP contribution in [-0.2, 0) is 24.3 Å². The highest BCUT2D eigenvalue weighted by Gasteiger charge is 2.34. The van der Waals surface area contributed by atoms with E-state index in [9.17, 15) is 18.0 Å². The number of benzene rings is 1. The minimum atomic E-state index is -3.72. The van der Waals surface area contributed by atoms with Gasteiger partial charge in [0.2, 0.25) is 21.8 Å². The molecule has 9 nitrogen and oxygen atoms in total. The van der Waals surface area contributed by atoms with Crippen molar-refractivity contribution in [2.24, 2.45) is 11.3 Å². The Morgan fingerprint density at radius 2 is 1.88 bits per heavy atom. The molecule has 33 heavy (non-hydrogen) atoms. The monoisotopic (exact) mass is 481 g/mol. The van der Waals surface area contributed by atoms with Gasteiger partial charge < -0.3 is 19.7 Å². The maximum atomic E-state index is 13.1. The summed E-state index contributed by atoms with van der Waals surface area (Å²) in [6, 6.07) is 4.52. The van der Waals surface area contributed by atoms with E-state index in [-0.39, 0.29) is 35.7 Å². The summed E-state index contributed by atoms with van der Waals surface area (Å²) in [5.74, 6) is -0.193. The minimum Gasteiger partial charge on any atom is -0.492 e. The number of ether oxygens (including phenoxy) is 2. The summed E-state index contributed by atoms with van der Waals surface area (Å²) in [6.45, 7) is 10.1. The van der Waals surface area contributed by atoms with Crippen molar-refractivity contribution in [3.8, 4) is 5.75 Å². The van der Waals surface area contributed by atoms with Crippen molar-refractivity contribution in [3.05, 3.63) is 18.2 Å². The van der Waals surface area contributed by atoms with Crippen LogP contribution in [0.4, 0.5) is 5.69 Å². The van der Waals surface area contributed by atoms with Gasteiger partial charge in [-0.3, -0.25) is 9.59 Å². The van der Waals surface area contributed by atoms with Crippen LogP contribution in [0.5, 0.6) is 5.75 Å². The predicted molar refractivity (Wildman–Crippen MR) is 125 cm³/mol. The zero-order valence-corrected chi connectivity index (χ0v) is 20.7. The van der Waals surface area contributed by atoms with E-state index in [0.29, 0.717) is 50.8 Å². The molecule has 1 N–H and O–H groups in total. The summed E-state index contributed by atoms with van der Waals surface area (Å²) >= 11 is 0. The maximum Gasteiger partial charge on any atom is 0.243 e. The summed E-state index contributed by atoms with van der Waals surface area (Å²) < 4.78 is 38.4. The Morgan fingerprint density at radius 1 is 1.18 bits per heavy atom. The standard InChI is InChI=1S/C23H35N3O6S/c1-5-32-20-9-8-18(33(29,30)26-11-13-31-14-12-26)15-19(20)24-21(27)17-7-6-10-25(16-17)22(28)23(2,3)4/h8-9,15,17H,5-7,10-14,16H2,1-4H3,(H,24,27). The van der Waals surface area contributed by atoms with Crippen molar-refractivity contribution in [3.63, 3.8) is 0 Å². The molecule has 0 spiro atoms. The van der Waals surface area contributed by atoms with Gasteiger partial charge in [0, 0.05) is 31.6 Å². The van der Waals surface area contributed by atoms with Crippen LogP contribution in [0.1, 0.15) is 40.5 Å². The molecule has 2 heterocycles. The van der Waals surface area contributed by atoms with E-state index in [1.54, 1.807) is 11.0 Å².